The Labute approximate surface area is 234 Å². The predicted octanol–water partition coefficient (Wildman–Crippen LogP) is 5.26. The van der Waals surface area contributed by atoms with E-state index in [1.165, 1.54) is 22.4 Å². The number of alkyl halides is 2. The summed E-state index contributed by atoms with van der Waals surface area (Å²) in [6.07, 6.45) is 6.40. The van der Waals surface area contributed by atoms with Crippen LogP contribution in [0, 0.1) is 5.92 Å². The van der Waals surface area contributed by atoms with Crippen molar-refractivity contribution in [3.63, 3.8) is 0 Å². The van der Waals surface area contributed by atoms with Gasteiger partial charge >= 0.3 is 0 Å². The van der Waals surface area contributed by atoms with Gasteiger partial charge in [0.2, 0.25) is 0 Å². The van der Waals surface area contributed by atoms with Gasteiger partial charge in [0.05, 0.1) is 14.2 Å². The second kappa shape index (κ2) is 10.8. The molecule has 2 aromatic rings. The highest BCUT2D eigenvalue weighted by atomic mass is 19.3. The number of halogens is 2. The molecule has 8 heteroatoms. The van der Waals surface area contributed by atoms with Crippen LogP contribution in [-0.2, 0) is 24.1 Å². The van der Waals surface area contributed by atoms with Gasteiger partial charge in [-0.25, -0.2) is 8.78 Å². The van der Waals surface area contributed by atoms with Crippen LogP contribution in [0.2, 0.25) is 0 Å². The van der Waals surface area contributed by atoms with Gasteiger partial charge < -0.3 is 24.6 Å². The number of methoxy groups -OCH3 is 2. The van der Waals surface area contributed by atoms with E-state index in [1.807, 2.05) is 18.2 Å². The summed E-state index contributed by atoms with van der Waals surface area (Å²) < 4.78 is 38.1. The molecule has 6 rings (SSSR count). The van der Waals surface area contributed by atoms with Crippen molar-refractivity contribution in [3.05, 3.63) is 76.1 Å². The van der Waals surface area contributed by atoms with Crippen LogP contribution < -0.4 is 19.7 Å². The van der Waals surface area contributed by atoms with Gasteiger partial charge in [-0.1, -0.05) is 12.1 Å². The molecule has 1 saturated heterocycles. The third-order valence-corrected chi connectivity index (χ3v) is 8.78. The number of hydrogen-bond acceptors (Lipinski definition) is 5. The van der Waals surface area contributed by atoms with Crippen LogP contribution in [0.5, 0.6) is 11.5 Å². The monoisotopic (exact) mass is 549 g/mol. The standard InChI is InChI=1S/C32H37F2N3O3/c1-39-28-8-6-23(29(19-28)40-2)15-21-14-22-5-7-27(18-25(22)16-21)37-11-3-4-24-17-26(20-35-30(24)37)31(38)36-12-9-32(33,34)10-13-36/h5-8,17-19,21,35H,3-4,9-16,20H2,1-2H3. The molecule has 1 unspecified atom stereocenters. The Morgan fingerprint density at radius 3 is 2.60 bits per heavy atom. The topological polar surface area (TPSA) is 54.0 Å². The van der Waals surface area contributed by atoms with E-state index in [0.29, 0.717) is 18.0 Å². The molecular weight excluding hydrogens is 512 g/mol. The molecule has 1 aliphatic carbocycles. The summed E-state index contributed by atoms with van der Waals surface area (Å²) in [5.74, 6) is 0.468. The molecule has 212 valence electrons. The maximum absolute atomic E-state index is 13.6. The fraction of sp³-hybridized carbons (Fsp3) is 0.469. The number of hydrogen-bond donors (Lipinski definition) is 1. The van der Waals surface area contributed by atoms with Crippen molar-refractivity contribution in [1.82, 2.24) is 10.2 Å². The van der Waals surface area contributed by atoms with Crippen LogP contribution in [0.4, 0.5) is 14.5 Å². The van der Waals surface area contributed by atoms with Gasteiger partial charge in [-0.3, -0.25) is 4.79 Å². The van der Waals surface area contributed by atoms with E-state index in [4.69, 9.17) is 9.47 Å². The number of amides is 1. The quantitative estimate of drug-likeness (QED) is 0.533. The number of allylic oxidation sites excluding steroid dienone is 2. The van der Waals surface area contributed by atoms with E-state index in [1.54, 1.807) is 19.1 Å². The number of nitrogens with zero attached hydrogens (tertiary/aromatic N) is 2. The maximum atomic E-state index is 13.6. The van der Waals surface area contributed by atoms with E-state index in [9.17, 15) is 13.6 Å². The zero-order valence-corrected chi connectivity index (χ0v) is 23.3. The number of fused-ring (bicyclic) bond motifs is 1. The molecule has 1 atom stereocenters. The first-order chi connectivity index (χ1) is 19.3. The Balaban J connectivity index is 1.16. The zero-order chi connectivity index (χ0) is 27.9. The number of dihydropyridines is 1. The van der Waals surface area contributed by atoms with Gasteiger partial charge in [-0.2, -0.15) is 0 Å². The lowest BCUT2D eigenvalue weighted by Gasteiger charge is -2.37. The minimum atomic E-state index is -2.66. The Morgan fingerprint density at radius 2 is 1.82 bits per heavy atom. The van der Waals surface area contributed by atoms with Crippen LogP contribution in [0.1, 0.15) is 42.4 Å². The lowest BCUT2D eigenvalue weighted by Crippen LogP contribution is -2.46. The van der Waals surface area contributed by atoms with Gasteiger partial charge in [-0.05, 0) is 84.6 Å². The molecule has 1 amide bonds. The number of carbonyl (C=O) groups excluding carboxylic acids is 1. The summed E-state index contributed by atoms with van der Waals surface area (Å²) in [5.41, 5.74) is 6.96. The predicted molar refractivity (Wildman–Crippen MR) is 151 cm³/mol. The Morgan fingerprint density at radius 1 is 1.02 bits per heavy atom. The lowest BCUT2D eigenvalue weighted by molar-refractivity contribution is -0.133. The minimum absolute atomic E-state index is 0.114. The van der Waals surface area contributed by atoms with Gasteiger partial charge in [0, 0.05) is 56.3 Å². The van der Waals surface area contributed by atoms with Crippen LogP contribution >= 0.6 is 0 Å². The zero-order valence-electron chi connectivity index (χ0n) is 23.3. The summed E-state index contributed by atoms with van der Waals surface area (Å²) in [6.45, 7) is 1.55. The third kappa shape index (κ3) is 5.28. The van der Waals surface area contributed by atoms with E-state index >= 15 is 0 Å². The molecule has 3 heterocycles. The molecule has 0 radical (unpaired) electrons. The number of rotatable bonds is 6. The normalized spacial score (nSPS) is 21.8. The molecule has 4 aliphatic rings. The Bertz CT molecular complexity index is 1360. The Hall–Kier alpha value is -3.55. The molecule has 40 heavy (non-hydrogen) atoms. The number of likely N-dealkylation sites (tertiary alicyclic amines) is 1. The molecule has 0 spiro atoms. The largest absolute Gasteiger partial charge is 0.497 e. The highest BCUT2D eigenvalue weighted by Crippen LogP contribution is 2.37. The second-order valence-electron chi connectivity index (χ2n) is 11.4. The fourth-order valence-electron chi connectivity index (χ4n) is 6.60. The van der Waals surface area contributed by atoms with Gasteiger partial charge in [0.1, 0.15) is 17.3 Å². The average molecular weight is 550 g/mol. The van der Waals surface area contributed by atoms with Crippen molar-refractivity contribution in [3.8, 4) is 11.5 Å². The van der Waals surface area contributed by atoms with Crippen LogP contribution in [0.25, 0.3) is 0 Å². The van der Waals surface area contributed by atoms with Crippen molar-refractivity contribution in [2.45, 2.75) is 50.9 Å². The highest BCUT2D eigenvalue weighted by Gasteiger charge is 2.37. The van der Waals surface area contributed by atoms with E-state index in [2.05, 4.69) is 34.5 Å². The highest BCUT2D eigenvalue weighted by molar-refractivity contribution is 5.95. The first kappa shape index (κ1) is 26.7. The van der Waals surface area contributed by atoms with Crippen molar-refractivity contribution in [2.24, 2.45) is 5.92 Å². The average Bonchev–Trinajstić information content (AvgIpc) is 3.38. The molecule has 0 saturated carbocycles. The minimum Gasteiger partial charge on any atom is -0.497 e. The second-order valence-corrected chi connectivity index (χ2v) is 11.4. The van der Waals surface area contributed by atoms with Gasteiger partial charge in [0.25, 0.3) is 11.8 Å². The number of anilines is 1. The first-order valence-electron chi connectivity index (χ1n) is 14.3. The summed E-state index contributed by atoms with van der Waals surface area (Å²) in [5, 5.41) is 3.50. The van der Waals surface area contributed by atoms with Crippen LogP contribution in [0.15, 0.2) is 59.4 Å². The van der Waals surface area contributed by atoms with Crippen LogP contribution in [-0.4, -0.2) is 57.1 Å². The molecule has 1 fully saturated rings. The van der Waals surface area contributed by atoms with Crippen molar-refractivity contribution in [2.75, 3.05) is 45.3 Å². The van der Waals surface area contributed by atoms with Crippen molar-refractivity contribution < 1.29 is 23.0 Å². The molecule has 6 nitrogen and oxygen atoms in total. The number of carbonyl (C=O) groups is 1. The summed E-state index contributed by atoms with van der Waals surface area (Å²) in [7, 11) is 3.37. The maximum Gasteiger partial charge on any atom is 0.251 e. The molecule has 1 N–H and O–H groups in total. The summed E-state index contributed by atoms with van der Waals surface area (Å²) >= 11 is 0. The third-order valence-electron chi connectivity index (χ3n) is 8.78. The molecular formula is C32H37F2N3O3. The smallest absolute Gasteiger partial charge is 0.251 e. The number of piperidine rings is 1. The van der Waals surface area contributed by atoms with Crippen molar-refractivity contribution >= 4 is 11.6 Å². The SMILES string of the molecule is COc1ccc(CC2Cc3ccc(N4CCCC5=C4NCC(C(=O)N4CCC(F)(F)CC4)=C5)cc3C2)c(OC)c1. The van der Waals surface area contributed by atoms with E-state index < -0.39 is 5.92 Å². The fourth-order valence-corrected chi connectivity index (χ4v) is 6.60. The first-order valence-corrected chi connectivity index (χ1v) is 14.3. The molecule has 0 aromatic heterocycles. The number of ether oxygens (including phenoxy) is 2. The van der Waals surface area contributed by atoms with Crippen molar-refractivity contribution in [1.29, 1.82) is 0 Å². The number of nitrogens with one attached hydrogen (secondary N) is 1. The van der Waals surface area contributed by atoms with E-state index in [0.717, 1.165) is 61.5 Å². The lowest BCUT2D eigenvalue weighted by atomic mass is 9.96. The Kier molecular flexibility index (Phi) is 7.19. The van der Waals surface area contributed by atoms with Crippen LogP contribution in [0.3, 0.4) is 0 Å². The molecule has 3 aliphatic heterocycles. The number of benzene rings is 2. The molecule has 2 aromatic carbocycles. The van der Waals surface area contributed by atoms with Gasteiger partial charge in [-0.15, -0.1) is 0 Å². The van der Waals surface area contributed by atoms with Gasteiger partial charge in [0.15, 0.2) is 0 Å². The summed E-state index contributed by atoms with van der Waals surface area (Å²) in [6, 6.07) is 12.9. The van der Waals surface area contributed by atoms with E-state index in [-0.39, 0.29) is 31.8 Å². The molecule has 0 bridgehead atoms. The summed E-state index contributed by atoms with van der Waals surface area (Å²) in [4.78, 5) is 17.0.